The monoisotopic (exact) mass is 412 g/mol. The summed E-state index contributed by atoms with van der Waals surface area (Å²) in [7, 11) is 0. The number of nitrogens with one attached hydrogen (secondary N) is 3. The normalized spacial score (nSPS) is 14.0. The van der Waals surface area contributed by atoms with E-state index >= 15 is 0 Å². The molecule has 0 radical (unpaired) electrons. The van der Waals surface area contributed by atoms with Crippen molar-refractivity contribution in [3.63, 3.8) is 0 Å². The van der Waals surface area contributed by atoms with Crippen LogP contribution in [0.1, 0.15) is 29.6 Å². The Balaban J connectivity index is 1.38. The number of anilines is 2. The summed E-state index contributed by atoms with van der Waals surface area (Å²) in [6.07, 6.45) is 7.25. The molecule has 1 amide bonds. The fraction of sp³-hybridized carbons (Fsp3) is 0.200. The number of amides is 1. The molecule has 4 aromatic rings. The summed E-state index contributed by atoms with van der Waals surface area (Å²) < 4.78 is 0. The SMILES string of the molecule is O=C(Nc1cc(-c2cccc3[nH]ccc23)c[nH]c1=O)c1ccc(N2CCCCC2)cc1. The number of benzene rings is 2. The van der Waals surface area contributed by atoms with Gasteiger partial charge in [-0.2, -0.15) is 0 Å². The van der Waals surface area contributed by atoms with E-state index < -0.39 is 0 Å². The van der Waals surface area contributed by atoms with E-state index in [-0.39, 0.29) is 17.2 Å². The van der Waals surface area contributed by atoms with Gasteiger partial charge in [-0.05, 0) is 67.3 Å². The van der Waals surface area contributed by atoms with Crippen molar-refractivity contribution in [2.24, 2.45) is 0 Å². The average molecular weight is 412 g/mol. The molecule has 0 unspecified atom stereocenters. The maximum atomic E-state index is 12.8. The van der Waals surface area contributed by atoms with Crippen molar-refractivity contribution in [3.05, 3.63) is 82.9 Å². The summed E-state index contributed by atoms with van der Waals surface area (Å²) in [5.74, 6) is -0.298. The highest BCUT2D eigenvalue weighted by atomic mass is 16.2. The Morgan fingerprint density at radius 1 is 0.935 bits per heavy atom. The second-order valence-corrected chi connectivity index (χ2v) is 7.92. The van der Waals surface area contributed by atoms with Crippen molar-refractivity contribution in [3.8, 4) is 11.1 Å². The minimum atomic E-state index is -0.330. The van der Waals surface area contributed by atoms with Crippen molar-refractivity contribution in [2.75, 3.05) is 23.3 Å². The Bertz CT molecular complexity index is 1280. The fourth-order valence-electron chi connectivity index (χ4n) is 4.24. The van der Waals surface area contributed by atoms with Gasteiger partial charge in [-0.3, -0.25) is 9.59 Å². The first-order chi connectivity index (χ1) is 15.2. The quantitative estimate of drug-likeness (QED) is 0.452. The van der Waals surface area contributed by atoms with Crippen molar-refractivity contribution < 1.29 is 4.79 Å². The first-order valence-corrected chi connectivity index (χ1v) is 10.6. The zero-order valence-electron chi connectivity index (χ0n) is 17.2. The second-order valence-electron chi connectivity index (χ2n) is 7.92. The van der Waals surface area contributed by atoms with E-state index in [0.717, 1.165) is 40.8 Å². The number of rotatable bonds is 4. The highest BCUT2D eigenvalue weighted by Gasteiger charge is 2.14. The van der Waals surface area contributed by atoms with Gasteiger partial charge < -0.3 is 20.2 Å². The number of carbonyl (C=O) groups excluding carboxylic acids is 1. The molecular formula is C25H24N4O2. The summed E-state index contributed by atoms with van der Waals surface area (Å²) in [6.45, 7) is 2.11. The van der Waals surface area contributed by atoms with Gasteiger partial charge in [-0.1, -0.05) is 12.1 Å². The number of H-pyrrole nitrogens is 2. The van der Waals surface area contributed by atoms with Crippen LogP contribution in [-0.2, 0) is 0 Å². The number of pyridine rings is 1. The zero-order valence-corrected chi connectivity index (χ0v) is 17.2. The third kappa shape index (κ3) is 3.84. The Morgan fingerprint density at radius 3 is 2.55 bits per heavy atom. The van der Waals surface area contributed by atoms with E-state index in [1.807, 2.05) is 54.7 Å². The van der Waals surface area contributed by atoms with Crippen LogP contribution in [0.3, 0.4) is 0 Å². The molecule has 6 nitrogen and oxygen atoms in total. The molecule has 1 fully saturated rings. The molecule has 2 aromatic heterocycles. The van der Waals surface area contributed by atoms with Crippen LogP contribution in [0, 0.1) is 0 Å². The first-order valence-electron chi connectivity index (χ1n) is 10.6. The molecule has 0 bridgehead atoms. The lowest BCUT2D eigenvalue weighted by molar-refractivity contribution is 0.102. The smallest absolute Gasteiger partial charge is 0.271 e. The van der Waals surface area contributed by atoms with Gasteiger partial charge in [0.2, 0.25) is 0 Å². The van der Waals surface area contributed by atoms with Gasteiger partial charge in [0.25, 0.3) is 11.5 Å². The van der Waals surface area contributed by atoms with Crippen molar-refractivity contribution >= 4 is 28.2 Å². The van der Waals surface area contributed by atoms with E-state index in [9.17, 15) is 9.59 Å². The van der Waals surface area contributed by atoms with Gasteiger partial charge in [0.05, 0.1) is 0 Å². The van der Waals surface area contributed by atoms with E-state index in [0.29, 0.717) is 5.56 Å². The molecule has 5 rings (SSSR count). The molecular weight excluding hydrogens is 388 g/mol. The van der Waals surface area contributed by atoms with E-state index in [1.165, 1.54) is 19.3 Å². The summed E-state index contributed by atoms with van der Waals surface area (Å²) in [5.41, 5.74) is 4.40. The molecule has 1 saturated heterocycles. The molecule has 31 heavy (non-hydrogen) atoms. The number of aromatic nitrogens is 2. The first kappa shape index (κ1) is 19.2. The number of fused-ring (bicyclic) bond motifs is 1. The van der Waals surface area contributed by atoms with Gasteiger partial charge in [0.15, 0.2) is 0 Å². The maximum Gasteiger partial charge on any atom is 0.271 e. The molecule has 0 aliphatic carbocycles. The summed E-state index contributed by atoms with van der Waals surface area (Å²) in [6, 6.07) is 17.3. The fourth-order valence-corrected chi connectivity index (χ4v) is 4.24. The highest BCUT2D eigenvalue weighted by molar-refractivity contribution is 6.05. The number of hydrogen-bond acceptors (Lipinski definition) is 3. The molecule has 0 atom stereocenters. The Labute approximate surface area is 179 Å². The summed E-state index contributed by atoms with van der Waals surface area (Å²) in [4.78, 5) is 33.4. The van der Waals surface area contributed by atoms with Gasteiger partial charge >= 0.3 is 0 Å². The predicted octanol–water partition coefficient (Wildman–Crippen LogP) is 4.77. The Hall–Kier alpha value is -3.80. The minimum Gasteiger partial charge on any atom is -0.372 e. The van der Waals surface area contributed by atoms with Gasteiger partial charge in [0, 0.05) is 53.2 Å². The Kier molecular flexibility index (Phi) is 5.04. The molecule has 3 heterocycles. The number of nitrogens with zero attached hydrogens (tertiary/aromatic N) is 1. The van der Waals surface area contributed by atoms with Crippen LogP contribution in [0.5, 0.6) is 0 Å². The number of aromatic amines is 2. The van der Waals surface area contributed by atoms with Crippen molar-refractivity contribution in [2.45, 2.75) is 19.3 Å². The molecule has 0 saturated carbocycles. The Morgan fingerprint density at radius 2 is 1.74 bits per heavy atom. The van der Waals surface area contributed by atoms with E-state index in [4.69, 9.17) is 0 Å². The molecule has 0 spiro atoms. The zero-order chi connectivity index (χ0) is 21.2. The van der Waals surface area contributed by atoms with Crippen LogP contribution in [0.2, 0.25) is 0 Å². The third-order valence-electron chi connectivity index (χ3n) is 5.91. The van der Waals surface area contributed by atoms with Crippen LogP contribution in [0.25, 0.3) is 22.0 Å². The van der Waals surface area contributed by atoms with E-state index in [1.54, 1.807) is 12.3 Å². The van der Waals surface area contributed by atoms with E-state index in [2.05, 4.69) is 20.2 Å². The molecule has 1 aliphatic rings. The largest absolute Gasteiger partial charge is 0.372 e. The third-order valence-corrected chi connectivity index (χ3v) is 5.91. The molecule has 3 N–H and O–H groups in total. The van der Waals surface area contributed by atoms with Crippen molar-refractivity contribution in [1.82, 2.24) is 9.97 Å². The molecule has 6 heteroatoms. The molecule has 1 aliphatic heterocycles. The minimum absolute atomic E-state index is 0.232. The average Bonchev–Trinajstić information content (AvgIpc) is 3.30. The van der Waals surface area contributed by atoms with Crippen LogP contribution >= 0.6 is 0 Å². The number of carbonyl (C=O) groups is 1. The van der Waals surface area contributed by atoms with Gasteiger partial charge in [0.1, 0.15) is 5.69 Å². The van der Waals surface area contributed by atoms with Crippen LogP contribution in [0.4, 0.5) is 11.4 Å². The van der Waals surface area contributed by atoms with Gasteiger partial charge in [-0.15, -0.1) is 0 Å². The molecule has 2 aromatic carbocycles. The van der Waals surface area contributed by atoms with Crippen LogP contribution in [-0.4, -0.2) is 29.0 Å². The standard InChI is InChI=1S/C25H24N4O2/c30-24(17-7-9-19(10-8-17)29-13-2-1-3-14-29)28-23-15-18(16-27-25(23)31)20-5-4-6-22-21(20)11-12-26-22/h4-12,15-16,26H,1-3,13-14H2,(H,27,31)(H,28,30). The topological polar surface area (TPSA) is 81.0 Å². The van der Waals surface area contributed by atoms with Crippen molar-refractivity contribution in [1.29, 1.82) is 0 Å². The predicted molar refractivity (Wildman–Crippen MR) is 125 cm³/mol. The lowest BCUT2D eigenvalue weighted by Gasteiger charge is -2.28. The second kappa shape index (κ2) is 8.14. The lowest BCUT2D eigenvalue weighted by Crippen LogP contribution is -2.29. The summed E-state index contributed by atoms with van der Waals surface area (Å²) in [5, 5.41) is 3.83. The highest BCUT2D eigenvalue weighted by Crippen LogP contribution is 2.28. The van der Waals surface area contributed by atoms with Crippen LogP contribution in [0.15, 0.2) is 71.8 Å². The number of hydrogen-bond donors (Lipinski definition) is 3. The van der Waals surface area contributed by atoms with Crippen LogP contribution < -0.4 is 15.8 Å². The lowest BCUT2D eigenvalue weighted by atomic mass is 10.0. The summed E-state index contributed by atoms with van der Waals surface area (Å²) >= 11 is 0. The number of piperidine rings is 1. The van der Waals surface area contributed by atoms with Gasteiger partial charge in [-0.25, -0.2) is 0 Å². The molecule has 156 valence electrons. The maximum absolute atomic E-state index is 12.8.